The number of nitrogens with zero attached hydrogens (tertiary/aromatic N) is 2. The van der Waals surface area contributed by atoms with Crippen LogP contribution in [-0.2, 0) is 20.0 Å². The van der Waals surface area contributed by atoms with Crippen LogP contribution in [0.25, 0.3) is 0 Å². The molecule has 0 spiro atoms. The predicted octanol–water partition coefficient (Wildman–Crippen LogP) is 1.70. The van der Waals surface area contributed by atoms with Crippen LogP contribution >= 0.6 is 0 Å². The van der Waals surface area contributed by atoms with E-state index in [-0.39, 0.29) is 16.7 Å². The van der Waals surface area contributed by atoms with Crippen molar-refractivity contribution in [3.05, 3.63) is 71.2 Å². The zero-order valence-corrected chi connectivity index (χ0v) is 17.8. The number of anilines is 3. The lowest BCUT2D eigenvalue weighted by Crippen LogP contribution is -2.16. The SMILES string of the molecule is CNS(=O)(=O)C=C1C=C(Nc2nc(Nc3cccc(S(N)(=O)=O)c3)ncc2F)C=CC1. The smallest absolute Gasteiger partial charge is 0.238 e. The maximum Gasteiger partial charge on any atom is 0.238 e. The van der Waals surface area contributed by atoms with E-state index in [9.17, 15) is 21.2 Å². The highest BCUT2D eigenvalue weighted by Crippen LogP contribution is 2.22. The first-order chi connectivity index (χ1) is 14.6. The predicted molar refractivity (Wildman–Crippen MR) is 115 cm³/mol. The number of rotatable bonds is 7. The molecule has 10 nitrogen and oxygen atoms in total. The first-order valence-electron chi connectivity index (χ1n) is 8.77. The third-order valence-corrected chi connectivity index (χ3v) is 6.10. The van der Waals surface area contributed by atoms with Crippen molar-refractivity contribution in [2.75, 3.05) is 17.7 Å². The highest BCUT2D eigenvalue weighted by molar-refractivity contribution is 7.92. The fourth-order valence-electron chi connectivity index (χ4n) is 2.58. The van der Waals surface area contributed by atoms with Gasteiger partial charge in [0.2, 0.25) is 26.0 Å². The van der Waals surface area contributed by atoms with Crippen molar-refractivity contribution in [3.63, 3.8) is 0 Å². The number of nitrogens with two attached hydrogens (primary N) is 1. The molecule has 0 saturated heterocycles. The summed E-state index contributed by atoms with van der Waals surface area (Å²) >= 11 is 0. The van der Waals surface area contributed by atoms with E-state index >= 15 is 0 Å². The Morgan fingerprint density at radius 1 is 1.19 bits per heavy atom. The van der Waals surface area contributed by atoms with Crippen LogP contribution in [-0.4, -0.2) is 33.9 Å². The minimum absolute atomic E-state index is 0.00406. The number of sulfonamides is 2. The monoisotopic (exact) mass is 466 g/mol. The molecule has 5 N–H and O–H groups in total. The second-order valence-electron chi connectivity index (χ2n) is 6.36. The fraction of sp³-hybridized carbons (Fsp3) is 0.111. The van der Waals surface area contributed by atoms with E-state index in [2.05, 4.69) is 25.3 Å². The number of benzene rings is 1. The van der Waals surface area contributed by atoms with E-state index in [1.54, 1.807) is 24.3 Å². The summed E-state index contributed by atoms with van der Waals surface area (Å²) in [5.74, 6) is -0.893. The molecule has 0 unspecified atom stereocenters. The van der Waals surface area contributed by atoms with Gasteiger partial charge >= 0.3 is 0 Å². The molecule has 0 amide bonds. The zero-order chi connectivity index (χ0) is 22.6. The maximum absolute atomic E-state index is 14.2. The van der Waals surface area contributed by atoms with Gasteiger partial charge in [0.1, 0.15) is 0 Å². The summed E-state index contributed by atoms with van der Waals surface area (Å²) in [4.78, 5) is 7.79. The maximum atomic E-state index is 14.2. The molecule has 13 heteroatoms. The van der Waals surface area contributed by atoms with Crippen molar-refractivity contribution >= 4 is 37.5 Å². The van der Waals surface area contributed by atoms with Crippen molar-refractivity contribution < 1.29 is 21.2 Å². The fourth-order valence-corrected chi connectivity index (χ4v) is 3.82. The number of nitrogens with one attached hydrogen (secondary N) is 3. The minimum Gasteiger partial charge on any atom is -0.338 e. The molecule has 1 aliphatic rings. The Morgan fingerprint density at radius 2 is 1.97 bits per heavy atom. The Morgan fingerprint density at radius 3 is 2.68 bits per heavy atom. The molecule has 1 aromatic heterocycles. The largest absolute Gasteiger partial charge is 0.338 e. The molecular weight excluding hydrogens is 447 g/mol. The van der Waals surface area contributed by atoms with Crippen LogP contribution in [0.1, 0.15) is 6.42 Å². The van der Waals surface area contributed by atoms with Gasteiger partial charge in [-0.2, -0.15) is 4.98 Å². The molecular formula is C18H19FN6O4S2. The van der Waals surface area contributed by atoms with E-state index in [1.807, 2.05) is 0 Å². The summed E-state index contributed by atoms with van der Waals surface area (Å²) in [6, 6.07) is 5.68. The summed E-state index contributed by atoms with van der Waals surface area (Å²) in [5, 5.41) is 11.8. The van der Waals surface area contributed by atoms with Crippen LogP contribution in [0.15, 0.2) is 70.3 Å². The topological polar surface area (TPSA) is 156 Å². The number of hydrogen-bond acceptors (Lipinski definition) is 8. The van der Waals surface area contributed by atoms with Crippen molar-refractivity contribution in [3.8, 4) is 0 Å². The average molecular weight is 467 g/mol. The van der Waals surface area contributed by atoms with Crippen LogP contribution in [0.4, 0.5) is 21.8 Å². The van der Waals surface area contributed by atoms with Gasteiger partial charge in [-0.05, 0) is 49.4 Å². The van der Waals surface area contributed by atoms with Crippen LogP contribution in [0.3, 0.4) is 0 Å². The Kier molecular flexibility index (Phi) is 6.50. The van der Waals surface area contributed by atoms with E-state index in [0.29, 0.717) is 23.4 Å². The van der Waals surface area contributed by atoms with Gasteiger partial charge in [0.05, 0.1) is 11.1 Å². The summed E-state index contributed by atoms with van der Waals surface area (Å²) in [5.41, 5.74) is 1.25. The molecule has 164 valence electrons. The molecule has 0 saturated carbocycles. The summed E-state index contributed by atoms with van der Waals surface area (Å²) in [6.45, 7) is 0. The molecule has 0 aliphatic heterocycles. The zero-order valence-electron chi connectivity index (χ0n) is 16.2. The number of allylic oxidation sites excluding steroid dienone is 4. The van der Waals surface area contributed by atoms with E-state index in [4.69, 9.17) is 5.14 Å². The van der Waals surface area contributed by atoms with Gasteiger partial charge < -0.3 is 10.6 Å². The Labute approximate surface area is 178 Å². The normalized spacial score (nSPS) is 15.6. The quantitative estimate of drug-likeness (QED) is 0.480. The van der Waals surface area contributed by atoms with Gasteiger partial charge in [0.15, 0.2) is 11.6 Å². The van der Waals surface area contributed by atoms with Gasteiger partial charge in [0.25, 0.3) is 0 Å². The molecule has 3 rings (SSSR count). The van der Waals surface area contributed by atoms with Crippen LogP contribution in [0.5, 0.6) is 0 Å². The van der Waals surface area contributed by atoms with Crippen molar-refractivity contribution in [2.24, 2.45) is 5.14 Å². The van der Waals surface area contributed by atoms with Crippen LogP contribution in [0, 0.1) is 5.82 Å². The summed E-state index contributed by atoms with van der Waals surface area (Å²) in [7, 11) is -6.15. The van der Waals surface area contributed by atoms with Crippen molar-refractivity contribution in [1.29, 1.82) is 0 Å². The van der Waals surface area contributed by atoms with Crippen molar-refractivity contribution in [2.45, 2.75) is 11.3 Å². The van der Waals surface area contributed by atoms with Crippen LogP contribution in [0.2, 0.25) is 0 Å². The molecule has 2 aromatic rings. The van der Waals surface area contributed by atoms with Crippen LogP contribution < -0.4 is 20.5 Å². The van der Waals surface area contributed by atoms with E-state index in [1.165, 1.54) is 25.2 Å². The van der Waals surface area contributed by atoms with Gasteiger partial charge in [0, 0.05) is 16.8 Å². The lowest BCUT2D eigenvalue weighted by Gasteiger charge is -2.13. The number of halogens is 1. The highest BCUT2D eigenvalue weighted by Gasteiger charge is 2.13. The average Bonchev–Trinajstić information content (AvgIpc) is 2.70. The molecule has 31 heavy (non-hydrogen) atoms. The molecule has 1 heterocycles. The molecule has 1 aliphatic carbocycles. The van der Waals surface area contributed by atoms with Crippen molar-refractivity contribution in [1.82, 2.24) is 14.7 Å². The lowest BCUT2D eigenvalue weighted by molar-refractivity contribution is 0.595. The highest BCUT2D eigenvalue weighted by atomic mass is 32.2. The number of aromatic nitrogens is 2. The summed E-state index contributed by atoms with van der Waals surface area (Å²) in [6.07, 6.45) is 6.27. The second kappa shape index (κ2) is 8.93. The lowest BCUT2D eigenvalue weighted by atomic mass is 10.1. The summed E-state index contributed by atoms with van der Waals surface area (Å²) < 4.78 is 62.8. The van der Waals surface area contributed by atoms with E-state index < -0.39 is 25.9 Å². The van der Waals surface area contributed by atoms with E-state index in [0.717, 1.165) is 11.6 Å². The first kappa shape index (κ1) is 22.6. The molecule has 0 radical (unpaired) electrons. The minimum atomic E-state index is -3.89. The first-order valence-corrected chi connectivity index (χ1v) is 11.9. The van der Waals surface area contributed by atoms with Gasteiger partial charge in [-0.3, -0.25) is 0 Å². The van der Waals surface area contributed by atoms with Gasteiger partial charge in [-0.1, -0.05) is 12.1 Å². The molecule has 0 atom stereocenters. The Hall–Kier alpha value is -3.13. The Bertz CT molecular complexity index is 1300. The third kappa shape index (κ3) is 6.18. The second-order valence-corrected chi connectivity index (χ2v) is 9.66. The number of primary sulfonamides is 1. The molecule has 1 aromatic carbocycles. The molecule has 0 fully saturated rings. The third-order valence-electron chi connectivity index (χ3n) is 4.01. The standard InChI is InChI=1S/C18H19FN6O4S2/c1-21-30(26,27)11-12-4-2-5-13(8-12)23-17-16(19)10-22-18(25-17)24-14-6-3-7-15(9-14)31(20,28)29/h2-3,5-11,21H,4H2,1H3,(H2,20,28,29)(H2,22,23,24,25). The number of hydrogen-bond donors (Lipinski definition) is 4. The Balaban J connectivity index is 1.84. The van der Waals surface area contributed by atoms with Gasteiger partial charge in [-0.25, -0.2) is 36.1 Å². The van der Waals surface area contributed by atoms with Gasteiger partial charge in [-0.15, -0.1) is 0 Å². The molecule has 0 bridgehead atoms.